The molecule has 2 aliphatic rings. The smallest absolute Gasteiger partial charge is 0.328 e. The maximum atomic E-state index is 12.7. The molecule has 1 amide bonds. The molecule has 26 heavy (non-hydrogen) atoms. The molecule has 1 aromatic carbocycles. The molecule has 2 aliphatic heterocycles. The van der Waals surface area contributed by atoms with Crippen LogP contribution in [0.5, 0.6) is 0 Å². The summed E-state index contributed by atoms with van der Waals surface area (Å²) in [4.78, 5) is 28.3. The Kier molecular flexibility index (Phi) is 5.94. The Morgan fingerprint density at radius 1 is 1.23 bits per heavy atom. The molecule has 1 N–H and O–H groups in total. The number of piperidine rings is 1. The molecule has 2 fully saturated rings. The third-order valence-electron chi connectivity index (χ3n) is 5.44. The minimum Gasteiger partial charge on any atom is -0.480 e. The van der Waals surface area contributed by atoms with Crippen LogP contribution in [0.3, 0.4) is 0 Å². The van der Waals surface area contributed by atoms with E-state index in [0.29, 0.717) is 19.3 Å². The second kappa shape index (κ2) is 8.18. The standard InChI is InChI=1S/C20H28N2O4/c1-2-3-9-18(23)22-17(19(24)25)15-26-20(22)10-12-21(13-11-20)14-16-7-5-4-6-8-16/h4-8,17H,2-3,9-15H2,1H3,(H,24,25)/t17-/m0/s1. The van der Waals surface area contributed by atoms with E-state index in [1.54, 1.807) is 4.90 Å². The number of amides is 1. The second-order valence-electron chi connectivity index (χ2n) is 7.24. The van der Waals surface area contributed by atoms with Crippen molar-refractivity contribution in [3.8, 4) is 0 Å². The number of carboxylic acid groups (broad SMARTS) is 1. The van der Waals surface area contributed by atoms with Crippen LogP contribution in [0.25, 0.3) is 0 Å². The Morgan fingerprint density at radius 3 is 2.54 bits per heavy atom. The highest BCUT2D eigenvalue weighted by Gasteiger charge is 2.53. The molecule has 1 atom stereocenters. The number of hydrogen-bond acceptors (Lipinski definition) is 4. The molecule has 0 saturated carbocycles. The van der Waals surface area contributed by atoms with Crippen molar-refractivity contribution < 1.29 is 19.4 Å². The first-order valence-corrected chi connectivity index (χ1v) is 9.51. The zero-order valence-corrected chi connectivity index (χ0v) is 15.4. The van der Waals surface area contributed by atoms with Gasteiger partial charge in [-0.25, -0.2) is 4.79 Å². The molecular weight excluding hydrogens is 332 g/mol. The lowest BCUT2D eigenvalue weighted by molar-refractivity contribution is -0.166. The van der Waals surface area contributed by atoms with E-state index in [-0.39, 0.29) is 12.5 Å². The predicted molar refractivity (Wildman–Crippen MR) is 97.4 cm³/mol. The summed E-state index contributed by atoms with van der Waals surface area (Å²) < 4.78 is 5.97. The average molecular weight is 360 g/mol. The summed E-state index contributed by atoms with van der Waals surface area (Å²) in [5.74, 6) is -1.06. The van der Waals surface area contributed by atoms with Crippen molar-refractivity contribution in [2.24, 2.45) is 0 Å². The number of unbranched alkanes of at least 4 members (excludes halogenated alkanes) is 1. The lowest BCUT2D eigenvalue weighted by Crippen LogP contribution is -2.58. The molecule has 2 heterocycles. The van der Waals surface area contributed by atoms with Crippen molar-refractivity contribution in [3.05, 3.63) is 35.9 Å². The van der Waals surface area contributed by atoms with Crippen LogP contribution < -0.4 is 0 Å². The molecule has 1 spiro atoms. The molecule has 0 unspecified atom stereocenters. The molecule has 6 nitrogen and oxygen atoms in total. The SMILES string of the molecule is CCCCC(=O)N1[C@H](C(=O)O)COC12CCN(Cc1ccccc1)CC2. The number of benzene rings is 1. The van der Waals surface area contributed by atoms with E-state index in [1.165, 1.54) is 5.56 Å². The number of carbonyl (C=O) groups excluding carboxylic acids is 1. The van der Waals surface area contributed by atoms with E-state index in [0.717, 1.165) is 32.5 Å². The van der Waals surface area contributed by atoms with Crippen molar-refractivity contribution in [1.82, 2.24) is 9.80 Å². The molecule has 2 saturated heterocycles. The minimum atomic E-state index is -0.974. The van der Waals surface area contributed by atoms with E-state index in [9.17, 15) is 14.7 Å². The summed E-state index contributed by atoms with van der Waals surface area (Å²) in [5, 5.41) is 9.53. The molecule has 6 heteroatoms. The maximum Gasteiger partial charge on any atom is 0.328 e. The summed E-state index contributed by atoms with van der Waals surface area (Å²) in [6, 6.07) is 9.43. The van der Waals surface area contributed by atoms with Gasteiger partial charge in [0.1, 0.15) is 5.72 Å². The fourth-order valence-electron chi connectivity index (χ4n) is 3.98. The number of hydrogen-bond donors (Lipinski definition) is 1. The van der Waals surface area contributed by atoms with Gasteiger partial charge in [0.25, 0.3) is 0 Å². The van der Waals surface area contributed by atoms with Gasteiger partial charge in [0.05, 0.1) is 6.61 Å². The Hall–Kier alpha value is -1.92. The quantitative estimate of drug-likeness (QED) is 0.844. The van der Waals surface area contributed by atoms with Gasteiger partial charge in [-0.15, -0.1) is 0 Å². The van der Waals surface area contributed by atoms with Crippen LogP contribution in [-0.4, -0.2) is 58.2 Å². The Labute approximate surface area is 154 Å². The van der Waals surface area contributed by atoms with E-state index >= 15 is 0 Å². The third kappa shape index (κ3) is 3.91. The van der Waals surface area contributed by atoms with Crippen LogP contribution in [0.1, 0.15) is 44.6 Å². The number of rotatable bonds is 6. The Bertz CT molecular complexity index is 626. The summed E-state index contributed by atoms with van der Waals surface area (Å²) >= 11 is 0. The van der Waals surface area contributed by atoms with Gasteiger partial charge >= 0.3 is 5.97 Å². The van der Waals surface area contributed by atoms with Crippen molar-refractivity contribution in [3.63, 3.8) is 0 Å². The molecular formula is C20H28N2O4. The first-order chi connectivity index (χ1) is 12.6. The molecule has 0 bridgehead atoms. The summed E-state index contributed by atoms with van der Waals surface area (Å²) in [5.41, 5.74) is 0.510. The van der Waals surface area contributed by atoms with Crippen LogP contribution in [0.2, 0.25) is 0 Å². The van der Waals surface area contributed by atoms with Crippen LogP contribution in [0.15, 0.2) is 30.3 Å². The zero-order valence-electron chi connectivity index (χ0n) is 15.4. The van der Waals surface area contributed by atoms with Gasteiger partial charge in [0, 0.05) is 38.9 Å². The molecule has 0 aromatic heterocycles. The van der Waals surface area contributed by atoms with Gasteiger partial charge in [0.15, 0.2) is 6.04 Å². The summed E-state index contributed by atoms with van der Waals surface area (Å²) in [6.45, 7) is 4.56. The maximum absolute atomic E-state index is 12.7. The predicted octanol–water partition coefficient (Wildman–Crippen LogP) is 2.48. The highest BCUT2D eigenvalue weighted by atomic mass is 16.5. The molecule has 0 aliphatic carbocycles. The number of ether oxygens (including phenoxy) is 1. The first-order valence-electron chi connectivity index (χ1n) is 9.51. The zero-order chi connectivity index (χ0) is 18.6. The van der Waals surface area contributed by atoms with Gasteiger partial charge in [0.2, 0.25) is 5.91 Å². The minimum absolute atomic E-state index is 0.0892. The fraction of sp³-hybridized carbons (Fsp3) is 0.600. The summed E-state index contributed by atoms with van der Waals surface area (Å²) in [6.07, 6.45) is 3.38. The van der Waals surface area contributed by atoms with Gasteiger partial charge in [-0.2, -0.15) is 0 Å². The van der Waals surface area contributed by atoms with E-state index < -0.39 is 17.7 Å². The van der Waals surface area contributed by atoms with Crippen LogP contribution in [0, 0.1) is 0 Å². The topological polar surface area (TPSA) is 70.1 Å². The van der Waals surface area contributed by atoms with Crippen molar-refractivity contribution in [2.45, 2.75) is 57.3 Å². The number of likely N-dealkylation sites (tertiary alicyclic amines) is 1. The lowest BCUT2D eigenvalue weighted by Gasteiger charge is -2.44. The summed E-state index contributed by atoms with van der Waals surface area (Å²) in [7, 11) is 0. The Balaban J connectivity index is 1.68. The van der Waals surface area contributed by atoms with Gasteiger partial charge < -0.3 is 9.84 Å². The van der Waals surface area contributed by atoms with E-state index in [1.807, 2.05) is 25.1 Å². The fourth-order valence-corrected chi connectivity index (χ4v) is 3.98. The van der Waals surface area contributed by atoms with Crippen LogP contribution >= 0.6 is 0 Å². The highest BCUT2D eigenvalue weighted by Crippen LogP contribution is 2.38. The average Bonchev–Trinajstić information content (AvgIpc) is 3.02. The highest BCUT2D eigenvalue weighted by molar-refractivity contribution is 5.85. The number of nitrogens with zero attached hydrogens (tertiary/aromatic N) is 2. The number of carboxylic acids is 1. The molecule has 1 aromatic rings. The number of aliphatic carboxylic acids is 1. The second-order valence-corrected chi connectivity index (χ2v) is 7.24. The van der Waals surface area contributed by atoms with E-state index in [4.69, 9.17) is 4.74 Å². The van der Waals surface area contributed by atoms with Gasteiger partial charge in [-0.3, -0.25) is 14.6 Å². The molecule has 3 rings (SSSR count). The lowest BCUT2D eigenvalue weighted by atomic mass is 9.96. The molecule has 0 radical (unpaired) electrons. The van der Waals surface area contributed by atoms with Gasteiger partial charge in [-0.05, 0) is 12.0 Å². The molecule has 142 valence electrons. The van der Waals surface area contributed by atoms with Gasteiger partial charge in [-0.1, -0.05) is 43.7 Å². The van der Waals surface area contributed by atoms with Crippen LogP contribution in [-0.2, 0) is 20.9 Å². The van der Waals surface area contributed by atoms with Crippen molar-refractivity contribution in [2.75, 3.05) is 19.7 Å². The third-order valence-corrected chi connectivity index (χ3v) is 5.44. The van der Waals surface area contributed by atoms with Crippen molar-refractivity contribution >= 4 is 11.9 Å². The van der Waals surface area contributed by atoms with Crippen molar-refractivity contribution in [1.29, 1.82) is 0 Å². The number of carbonyl (C=O) groups is 2. The van der Waals surface area contributed by atoms with E-state index in [2.05, 4.69) is 17.0 Å². The Morgan fingerprint density at radius 2 is 1.92 bits per heavy atom. The monoisotopic (exact) mass is 360 g/mol. The first kappa shape index (κ1) is 18.9. The normalized spacial score (nSPS) is 22.7. The van der Waals surface area contributed by atoms with Crippen LogP contribution in [0.4, 0.5) is 0 Å². The largest absolute Gasteiger partial charge is 0.480 e.